The van der Waals surface area contributed by atoms with Gasteiger partial charge in [-0.3, -0.25) is 0 Å². The molecule has 1 aliphatic heterocycles. The number of carbonyl (C=O) groups excluding carboxylic acids is 1. The van der Waals surface area contributed by atoms with Gasteiger partial charge in [0, 0.05) is 25.9 Å². The average Bonchev–Trinajstić information content (AvgIpc) is 2.79. The van der Waals surface area contributed by atoms with Crippen molar-refractivity contribution in [2.24, 2.45) is 0 Å². The van der Waals surface area contributed by atoms with E-state index in [0.29, 0.717) is 13.0 Å². The van der Waals surface area contributed by atoms with E-state index in [4.69, 9.17) is 5.11 Å². The van der Waals surface area contributed by atoms with E-state index in [-0.39, 0.29) is 24.7 Å². The van der Waals surface area contributed by atoms with Crippen LogP contribution in [0.15, 0.2) is 24.3 Å². The van der Waals surface area contributed by atoms with Crippen molar-refractivity contribution in [3.05, 3.63) is 35.4 Å². The summed E-state index contributed by atoms with van der Waals surface area (Å²) in [6.45, 7) is 1.01. The summed E-state index contributed by atoms with van der Waals surface area (Å²) in [4.78, 5) is 24.6. The maximum Gasteiger partial charge on any atom is 0.335 e. The van der Waals surface area contributed by atoms with E-state index >= 15 is 0 Å². The highest BCUT2D eigenvalue weighted by Crippen LogP contribution is 2.16. The Kier molecular flexibility index (Phi) is 5.82. The Hall–Kier alpha value is -2.09. The molecule has 1 unspecified atom stereocenters. The predicted molar refractivity (Wildman–Crippen MR) is 89.7 cm³/mol. The van der Waals surface area contributed by atoms with E-state index in [1.807, 2.05) is 0 Å². The lowest BCUT2D eigenvalue weighted by Crippen LogP contribution is -2.44. The lowest BCUT2D eigenvalue weighted by atomic mass is 10.1. The Morgan fingerprint density at radius 1 is 1.25 bits per heavy atom. The van der Waals surface area contributed by atoms with Gasteiger partial charge in [0.15, 0.2) is 9.84 Å². The summed E-state index contributed by atoms with van der Waals surface area (Å²) >= 11 is 0. The summed E-state index contributed by atoms with van der Waals surface area (Å²) < 4.78 is 23.5. The van der Waals surface area contributed by atoms with E-state index in [1.165, 1.54) is 18.4 Å². The van der Waals surface area contributed by atoms with Crippen LogP contribution >= 0.6 is 0 Å². The number of carbonyl (C=O) groups is 2. The largest absolute Gasteiger partial charge is 0.478 e. The number of benzene rings is 1. The number of urea groups is 1. The smallest absolute Gasteiger partial charge is 0.335 e. The summed E-state index contributed by atoms with van der Waals surface area (Å²) in [7, 11) is -3.17. The van der Waals surface area contributed by atoms with Gasteiger partial charge in [0.2, 0.25) is 0 Å². The van der Waals surface area contributed by atoms with Gasteiger partial charge < -0.3 is 15.3 Å². The molecule has 1 aliphatic rings. The van der Waals surface area contributed by atoms with Gasteiger partial charge in [0.05, 0.1) is 10.8 Å². The lowest BCUT2D eigenvalue weighted by molar-refractivity contribution is 0.0697. The number of carboxylic acid groups (broad SMARTS) is 1. The highest BCUT2D eigenvalue weighted by Gasteiger charge is 2.28. The van der Waals surface area contributed by atoms with E-state index in [2.05, 4.69) is 5.32 Å². The van der Waals surface area contributed by atoms with E-state index in [9.17, 15) is 18.0 Å². The first-order valence-corrected chi connectivity index (χ1v) is 9.76. The van der Waals surface area contributed by atoms with Crippen LogP contribution in [0.5, 0.6) is 0 Å². The first-order valence-electron chi connectivity index (χ1n) is 7.81. The zero-order valence-electron chi connectivity index (χ0n) is 13.6. The normalized spacial score (nSPS) is 18.7. The van der Waals surface area contributed by atoms with E-state index < -0.39 is 21.1 Å². The Labute approximate surface area is 141 Å². The molecule has 0 aliphatic carbocycles. The molecule has 1 aromatic carbocycles. The van der Waals surface area contributed by atoms with Gasteiger partial charge >= 0.3 is 12.0 Å². The number of nitrogens with one attached hydrogen (secondary N) is 1. The molecule has 24 heavy (non-hydrogen) atoms. The van der Waals surface area contributed by atoms with Gasteiger partial charge in [-0.1, -0.05) is 18.6 Å². The highest BCUT2D eigenvalue weighted by atomic mass is 32.2. The van der Waals surface area contributed by atoms with Crippen molar-refractivity contribution in [1.82, 2.24) is 10.2 Å². The lowest BCUT2D eigenvalue weighted by Gasteiger charge is -2.24. The third-order valence-corrected chi connectivity index (χ3v) is 5.76. The van der Waals surface area contributed by atoms with Gasteiger partial charge in [-0.05, 0) is 30.5 Å². The second-order valence-electron chi connectivity index (χ2n) is 6.05. The summed E-state index contributed by atoms with van der Waals surface area (Å²) in [5.41, 5.74) is 0.969. The van der Waals surface area contributed by atoms with Crippen molar-refractivity contribution in [2.75, 3.05) is 19.3 Å². The van der Waals surface area contributed by atoms with Crippen LogP contribution in [0, 0.1) is 0 Å². The Morgan fingerprint density at radius 2 is 1.92 bits per heavy atom. The summed E-state index contributed by atoms with van der Waals surface area (Å²) in [6, 6.07) is 5.95. The Morgan fingerprint density at radius 3 is 2.50 bits per heavy atom. The van der Waals surface area contributed by atoms with Crippen LogP contribution in [-0.2, 0) is 16.4 Å². The zero-order chi connectivity index (χ0) is 17.7. The van der Waals surface area contributed by atoms with Crippen molar-refractivity contribution < 1.29 is 23.1 Å². The summed E-state index contributed by atoms with van der Waals surface area (Å²) in [6.07, 6.45) is 3.37. The fourth-order valence-corrected chi connectivity index (χ4v) is 3.74. The molecular weight excluding hydrogens is 332 g/mol. The Bertz CT molecular complexity index is 700. The predicted octanol–water partition coefficient (Wildman–Crippen LogP) is 1.49. The molecule has 2 N–H and O–H groups in total. The molecule has 1 aromatic rings. The molecule has 2 amide bonds. The highest BCUT2D eigenvalue weighted by molar-refractivity contribution is 7.91. The van der Waals surface area contributed by atoms with Gasteiger partial charge in [-0.25, -0.2) is 18.0 Å². The average molecular weight is 354 g/mol. The number of likely N-dealkylation sites (tertiary alicyclic amines) is 1. The third-order valence-electron chi connectivity index (χ3n) is 4.17. The topological polar surface area (TPSA) is 104 Å². The van der Waals surface area contributed by atoms with Crippen LogP contribution in [0.1, 0.15) is 35.2 Å². The van der Waals surface area contributed by atoms with E-state index in [1.54, 1.807) is 17.0 Å². The molecule has 0 saturated carbocycles. The molecular formula is C16H22N2O5S. The summed E-state index contributed by atoms with van der Waals surface area (Å²) in [5, 5.41) is 11.1. The molecule has 1 heterocycles. The molecule has 7 nitrogen and oxygen atoms in total. The zero-order valence-corrected chi connectivity index (χ0v) is 14.4. The molecule has 8 heteroatoms. The number of carboxylic acids is 1. The minimum absolute atomic E-state index is 0.189. The molecule has 1 fully saturated rings. The Balaban J connectivity index is 1.94. The van der Waals surface area contributed by atoms with Crippen LogP contribution in [-0.4, -0.2) is 55.0 Å². The monoisotopic (exact) mass is 354 g/mol. The van der Waals surface area contributed by atoms with Crippen molar-refractivity contribution in [1.29, 1.82) is 0 Å². The second kappa shape index (κ2) is 7.65. The van der Waals surface area contributed by atoms with E-state index in [0.717, 1.165) is 18.4 Å². The van der Waals surface area contributed by atoms with Gasteiger partial charge in [0.25, 0.3) is 0 Å². The quantitative estimate of drug-likeness (QED) is 0.853. The third kappa shape index (κ3) is 4.95. The maximum absolute atomic E-state index is 12.3. The molecule has 2 rings (SSSR count). The number of hydrogen-bond acceptors (Lipinski definition) is 4. The van der Waals surface area contributed by atoms with Crippen LogP contribution in [0.4, 0.5) is 4.79 Å². The first-order chi connectivity index (χ1) is 11.3. The minimum Gasteiger partial charge on any atom is -0.478 e. The first kappa shape index (κ1) is 18.3. The maximum atomic E-state index is 12.3. The van der Waals surface area contributed by atoms with Crippen LogP contribution in [0.2, 0.25) is 0 Å². The van der Waals surface area contributed by atoms with Crippen molar-refractivity contribution in [3.63, 3.8) is 0 Å². The standard InChI is InChI=1S/C16H22N2O5S/c1-24(22,23)14-4-2-3-9-18(11-14)16(21)17-10-12-5-7-13(8-6-12)15(19)20/h5-8,14H,2-4,9-11H2,1H3,(H,17,21)(H,19,20). The number of aromatic carboxylic acids is 1. The number of nitrogens with zero attached hydrogens (tertiary/aromatic N) is 1. The fraction of sp³-hybridized carbons (Fsp3) is 0.500. The van der Waals surface area contributed by atoms with Crippen molar-refractivity contribution in [3.8, 4) is 0 Å². The van der Waals surface area contributed by atoms with Crippen LogP contribution in [0.3, 0.4) is 0 Å². The number of rotatable bonds is 4. The molecule has 1 atom stereocenters. The number of amides is 2. The van der Waals surface area contributed by atoms with Crippen LogP contribution < -0.4 is 5.32 Å². The molecule has 1 saturated heterocycles. The SMILES string of the molecule is CS(=O)(=O)C1CCCCN(C(=O)NCc2ccc(C(=O)O)cc2)C1. The molecule has 0 spiro atoms. The van der Waals surface area contributed by atoms with Gasteiger partial charge in [0.1, 0.15) is 0 Å². The van der Waals surface area contributed by atoms with Crippen LogP contribution in [0.25, 0.3) is 0 Å². The second-order valence-corrected chi connectivity index (χ2v) is 8.38. The number of hydrogen-bond donors (Lipinski definition) is 2. The van der Waals surface area contributed by atoms with Crippen molar-refractivity contribution >= 4 is 21.8 Å². The molecule has 0 radical (unpaired) electrons. The minimum atomic E-state index is -3.17. The number of sulfone groups is 1. The van der Waals surface area contributed by atoms with Gasteiger partial charge in [-0.15, -0.1) is 0 Å². The van der Waals surface area contributed by atoms with Gasteiger partial charge in [-0.2, -0.15) is 0 Å². The molecule has 0 aromatic heterocycles. The molecule has 0 bridgehead atoms. The fourth-order valence-electron chi connectivity index (χ4n) is 2.69. The molecule has 132 valence electrons. The van der Waals surface area contributed by atoms with Crippen molar-refractivity contribution in [2.45, 2.75) is 31.1 Å². The summed E-state index contributed by atoms with van der Waals surface area (Å²) in [5.74, 6) is -0.998.